The molecule has 0 N–H and O–H groups in total. The highest BCUT2D eigenvalue weighted by Gasteiger charge is 2.14. The van der Waals surface area contributed by atoms with Gasteiger partial charge in [-0.2, -0.15) is 5.10 Å². The first-order valence-electron chi connectivity index (χ1n) is 9.37. The molecule has 0 amide bonds. The van der Waals surface area contributed by atoms with E-state index in [1.165, 1.54) is 24.8 Å². The maximum atomic E-state index is 12.8. The van der Waals surface area contributed by atoms with Crippen molar-refractivity contribution in [3.63, 3.8) is 0 Å². The summed E-state index contributed by atoms with van der Waals surface area (Å²) in [6.07, 6.45) is 7.15. The summed E-state index contributed by atoms with van der Waals surface area (Å²) in [5.74, 6) is 0. The number of rotatable bonds is 4. The molecule has 1 aromatic carbocycles. The van der Waals surface area contributed by atoms with Crippen LogP contribution < -0.4 is 5.56 Å². The summed E-state index contributed by atoms with van der Waals surface area (Å²) < 4.78 is 3.49. The van der Waals surface area contributed by atoms with Crippen molar-refractivity contribution in [1.82, 2.24) is 24.2 Å². The van der Waals surface area contributed by atoms with E-state index in [-0.39, 0.29) is 5.56 Å². The highest BCUT2D eigenvalue weighted by Crippen LogP contribution is 2.20. The average molecular weight is 351 g/mol. The lowest BCUT2D eigenvalue weighted by molar-refractivity contribution is 0.220. The van der Waals surface area contributed by atoms with E-state index in [1.807, 2.05) is 12.1 Å². The van der Waals surface area contributed by atoms with E-state index in [4.69, 9.17) is 0 Å². The van der Waals surface area contributed by atoms with Gasteiger partial charge in [0.15, 0.2) is 5.65 Å². The number of nitrogens with zero attached hydrogens (tertiary/aromatic N) is 5. The topological polar surface area (TPSA) is 56.0 Å². The second kappa shape index (κ2) is 7.03. The van der Waals surface area contributed by atoms with E-state index in [1.54, 1.807) is 21.8 Å². The molecule has 2 aromatic heterocycles. The molecule has 1 aliphatic heterocycles. The minimum absolute atomic E-state index is 0.0106. The number of likely N-dealkylation sites (tertiary alicyclic amines) is 1. The van der Waals surface area contributed by atoms with Crippen LogP contribution in [0.3, 0.4) is 0 Å². The summed E-state index contributed by atoms with van der Waals surface area (Å²) in [6.45, 7) is 7.99. The smallest absolute Gasteiger partial charge is 0.264 e. The van der Waals surface area contributed by atoms with Gasteiger partial charge >= 0.3 is 0 Å². The van der Waals surface area contributed by atoms with Crippen molar-refractivity contribution in [3.05, 3.63) is 52.2 Å². The highest BCUT2D eigenvalue weighted by atomic mass is 16.1. The molecule has 1 saturated heterocycles. The van der Waals surface area contributed by atoms with E-state index >= 15 is 0 Å². The van der Waals surface area contributed by atoms with Gasteiger partial charge < -0.3 is 4.90 Å². The molecule has 0 bridgehead atoms. The Kier molecular flexibility index (Phi) is 4.59. The van der Waals surface area contributed by atoms with Crippen molar-refractivity contribution in [2.45, 2.75) is 39.7 Å². The Balaban J connectivity index is 1.65. The first-order chi connectivity index (χ1) is 12.6. The Hall–Kier alpha value is -2.47. The van der Waals surface area contributed by atoms with Crippen molar-refractivity contribution < 1.29 is 0 Å². The van der Waals surface area contributed by atoms with Gasteiger partial charge in [-0.3, -0.25) is 9.36 Å². The summed E-state index contributed by atoms with van der Waals surface area (Å²) >= 11 is 0. The Morgan fingerprint density at radius 1 is 1.08 bits per heavy atom. The fraction of sp³-hybridized carbons (Fsp3) is 0.450. The maximum Gasteiger partial charge on any atom is 0.264 e. The van der Waals surface area contributed by atoms with Gasteiger partial charge in [0, 0.05) is 13.1 Å². The zero-order chi connectivity index (χ0) is 18.1. The van der Waals surface area contributed by atoms with E-state index in [0.717, 1.165) is 30.9 Å². The third kappa shape index (κ3) is 3.05. The summed E-state index contributed by atoms with van der Waals surface area (Å²) in [5.41, 5.74) is 3.93. The summed E-state index contributed by atoms with van der Waals surface area (Å²) in [4.78, 5) is 19.8. The molecule has 0 spiro atoms. The Morgan fingerprint density at radius 2 is 1.88 bits per heavy atom. The normalized spacial score (nSPS) is 15.6. The lowest BCUT2D eigenvalue weighted by Crippen LogP contribution is -2.34. The molecule has 4 rings (SSSR count). The largest absolute Gasteiger partial charge is 0.302 e. The molecular weight excluding hydrogens is 326 g/mol. The van der Waals surface area contributed by atoms with Crippen molar-refractivity contribution in [2.24, 2.45) is 0 Å². The molecule has 136 valence electrons. The van der Waals surface area contributed by atoms with Gasteiger partial charge in [0.2, 0.25) is 0 Å². The molecule has 3 aromatic rings. The first kappa shape index (κ1) is 17.0. The molecule has 1 fully saturated rings. The molecule has 6 heteroatoms. The Labute approximate surface area is 153 Å². The van der Waals surface area contributed by atoms with Crippen molar-refractivity contribution >= 4 is 11.0 Å². The van der Waals surface area contributed by atoms with Gasteiger partial charge in [-0.25, -0.2) is 9.67 Å². The lowest BCUT2D eigenvalue weighted by atomic mass is 10.1. The van der Waals surface area contributed by atoms with Crippen molar-refractivity contribution in [1.29, 1.82) is 0 Å². The fourth-order valence-electron chi connectivity index (χ4n) is 3.68. The number of piperidine rings is 1. The van der Waals surface area contributed by atoms with Crippen LogP contribution in [0.1, 0.15) is 30.4 Å². The van der Waals surface area contributed by atoms with Gasteiger partial charge in [-0.1, -0.05) is 18.6 Å². The molecule has 1 aliphatic rings. The molecule has 3 heterocycles. The lowest BCUT2D eigenvalue weighted by Gasteiger charge is -2.26. The number of fused-ring (bicyclic) bond motifs is 1. The van der Waals surface area contributed by atoms with Gasteiger partial charge in [-0.05, 0) is 57.0 Å². The molecule has 0 saturated carbocycles. The van der Waals surface area contributed by atoms with Crippen LogP contribution in [0.15, 0.2) is 35.5 Å². The van der Waals surface area contributed by atoms with Crippen LogP contribution in [0.2, 0.25) is 0 Å². The van der Waals surface area contributed by atoms with Crippen molar-refractivity contribution in [3.8, 4) is 5.69 Å². The zero-order valence-corrected chi connectivity index (χ0v) is 15.5. The SMILES string of the molecule is Cc1cccc(-n2ncc3c(=O)n(CCN4CCCCC4)cnc32)c1C. The zero-order valence-electron chi connectivity index (χ0n) is 15.5. The van der Waals surface area contributed by atoms with Gasteiger partial charge in [-0.15, -0.1) is 0 Å². The van der Waals surface area contributed by atoms with Crippen LogP contribution in [0.5, 0.6) is 0 Å². The quantitative estimate of drug-likeness (QED) is 0.725. The first-order valence-corrected chi connectivity index (χ1v) is 9.37. The number of hydrogen-bond acceptors (Lipinski definition) is 4. The molecule has 0 radical (unpaired) electrons. The molecular formula is C20H25N5O. The molecule has 0 aliphatic carbocycles. The Morgan fingerprint density at radius 3 is 2.69 bits per heavy atom. The van der Waals surface area contributed by atoms with E-state index in [0.29, 0.717) is 17.6 Å². The van der Waals surface area contributed by atoms with Gasteiger partial charge in [0.1, 0.15) is 11.7 Å². The molecule has 0 atom stereocenters. The van der Waals surface area contributed by atoms with Crippen LogP contribution in [-0.2, 0) is 6.54 Å². The van der Waals surface area contributed by atoms with Gasteiger partial charge in [0.05, 0.1) is 11.9 Å². The van der Waals surface area contributed by atoms with E-state index < -0.39 is 0 Å². The number of aryl methyl sites for hydroxylation is 1. The van der Waals surface area contributed by atoms with E-state index in [9.17, 15) is 4.79 Å². The fourth-order valence-corrected chi connectivity index (χ4v) is 3.68. The number of benzene rings is 1. The summed E-state index contributed by atoms with van der Waals surface area (Å²) in [7, 11) is 0. The van der Waals surface area contributed by atoms with E-state index in [2.05, 4.69) is 34.9 Å². The average Bonchev–Trinajstić information content (AvgIpc) is 3.09. The minimum Gasteiger partial charge on any atom is -0.302 e. The monoisotopic (exact) mass is 351 g/mol. The molecule has 26 heavy (non-hydrogen) atoms. The number of hydrogen-bond donors (Lipinski definition) is 0. The third-order valence-electron chi connectivity index (χ3n) is 5.46. The summed E-state index contributed by atoms with van der Waals surface area (Å²) in [6, 6.07) is 6.09. The van der Waals surface area contributed by atoms with Crippen molar-refractivity contribution in [2.75, 3.05) is 19.6 Å². The second-order valence-electron chi connectivity index (χ2n) is 7.16. The van der Waals surface area contributed by atoms with Crippen LogP contribution >= 0.6 is 0 Å². The van der Waals surface area contributed by atoms with Crippen LogP contribution in [-0.4, -0.2) is 43.9 Å². The number of aromatic nitrogens is 4. The Bertz CT molecular complexity index is 982. The van der Waals surface area contributed by atoms with Crippen LogP contribution in [0, 0.1) is 13.8 Å². The summed E-state index contributed by atoms with van der Waals surface area (Å²) in [5, 5.41) is 5.03. The van der Waals surface area contributed by atoms with Crippen LogP contribution in [0.4, 0.5) is 0 Å². The predicted octanol–water partition coefficient (Wildman–Crippen LogP) is 2.68. The minimum atomic E-state index is -0.0106. The second-order valence-corrected chi connectivity index (χ2v) is 7.16. The highest BCUT2D eigenvalue weighted by molar-refractivity contribution is 5.75. The molecule has 6 nitrogen and oxygen atoms in total. The van der Waals surface area contributed by atoms with Gasteiger partial charge in [0.25, 0.3) is 5.56 Å². The molecule has 0 unspecified atom stereocenters. The third-order valence-corrected chi connectivity index (χ3v) is 5.46. The standard InChI is InChI=1S/C20H25N5O/c1-15-7-6-8-18(16(15)2)25-19-17(13-22-25)20(26)24(14-21-19)12-11-23-9-4-3-5-10-23/h6-8,13-14H,3-5,9-12H2,1-2H3. The maximum absolute atomic E-state index is 12.8. The van der Waals surface area contributed by atoms with Crippen LogP contribution in [0.25, 0.3) is 16.7 Å². The predicted molar refractivity (Wildman–Crippen MR) is 103 cm³/mol.